The van der Waals surface area contributed by atoms with E-state index in [9.17, 15) is 19.5 Å². The van der Waals surface area contributed by atoms with E-state index >= 15 is 0 Å². The first kappa shape index (κ1) is 18.5. The number of rotatable bonds is 7. The van der Waals surface area contributed by atoms with Crippen LogP contribution in [0.4, 0.5) is 0 Å². The van der Waals surface area contributed by atoms with E-state index in [1.54, 1.807) is 26.0 Å². The van der Waals surface area contributed by atoms with Gasteiger partial charge in [0.1, 0.15) is 11.3 Å². The van der Waals surface area contributed by atoms with Crippen molar-refractivity contribution in [3.05, 3.63) is 39.2 Å². The number of amides is 1. The van der Waals surface area contributed by atoms with E-state index < -0.39 is 11.6 Å². The molecule has 0 fully saturated rings. The second-order valence-electron chi connectivity index (χ2n) is 5.82. The zero-order valence-corrected chi connectivity index (χ0v) is 14.4. The third-order valence-corrected chi connectivity index (χ3v) is 4.06. The first-order valence-electron chi connectivity index (χ1n) is 7.94. The minimum Gasteiger partial charge on any atom is -0.550 e. The minimum atomic E-state index is -1.15. The highest BCUT2D eigenvalue weighted by Gasteiger charge is 2.13. The van der Waals surface area contributed by atoms with Crippen LogP contribution >= 0.6 is 0 Å². The Labute approximate surface area is 144 Å². The fourth-order valence-corrected chi connectivity index (χ4v) is 2.44. The number of aryl methyl sites for hydroxylation is 2. The molecular weight excluding hydrogens is 326 g/mol. The summed E-state index contributed by atoms with van der Waals surface area (Å²) in [6, 6.07) is 3.52. The van der Waals surface area contributed by atoms with Crippen LogP contribution in [0.5, 0.6) is 5.75 Å². The Hall–Kier alpha value is -2.83. The van der Waals surface area contributed by atoms with Crippen molar-refractivity contribution in [1.29, 1.82) is 0 Å². The highest BCUT2D eigenvalue weighted by Crippen LogP contribution is 2.29. The van der Waals surface area contributed by atoms with Gasteiger partial charge in [0, 0.05) is 29.0 Å². The van der Waals surface area contributed by atoms with Crippen LogP contribution in [0.2, 0.25) is 0 Å². The van der Waals surface area contributed by atoms with Gasteiger partial charge in [0.05, 0.1) is 0 Å². The predicted octanol–water partition coefficient (Wildman–Crippen LogP) is 0.743. The van der Waals surface area contributed by atoms with Crippen molar-refractivity contribution >= 4 is 22.8 Å². The molecule has 7 heteroatoms. The zero-order chi connectivity index (χ0) is 18.6. The highest BCUT2D eigenvalue weighted by molar-refractivity contribution is 5.85. The second kappa shape index (κ2) is 7.83. The van der Waals surface area contributed by atoms with Gasteiger partial charge in [-0.05, 0) is 51.3 Å². The van der Waals surface area contributed by atoms with Crippen LogP contribution in [0, 0.1) is 20.8 Å². The molecule has 2 aromatic rings. The number of benzene rings is 1. The van der Waals surface area contributed by atoms with E-state index in [4.69, 9.17) is 9.15 Å². The highest BCUT2D eigenvalue weighted by atomic mass is 16.5. The number of hydrogen-bond donors (Lipinski definition) is 1. The molecule has 1 amide bonds. The molecule has 0 aliphatic carbocycles. The van der Waals surface area contributed by atoms with Crippen molar-refractivity contribution in [3.8, 4) is 5.75 Å². The van der Waals surface area contributed by atoms with E-state index in [1.807, 2.05) is 6.92 Å². The minimum absolute atomic E-state index is 0.108. The molecule has 1 aromatic heterocycles. The molecule has 1 heterocycles. The van der Waals surface area contributed by atoms with Gasteiger partial charge in [-0.3, -0.25) is 4.79 Å². The van der Waals surface area contributed by atoms with Gasteiger partial charge in [0.15, 0.2) is 6.61 Å². The van der Waals surface area contributed by atoms with Crippen molar-refractivity contribution in [2.45, 2.75) is 33.6 Å². The Balaban J connectivity index is 2.06. The van der Waals surface area contributed by atoms with Crippen molar-refractivity contribution in [3.63, 3.8) is 0 Å². The molecule has 0 aliphatic rings. The second-order valence-corrected chi connectivity index (χ2v) is 5.82. The monoisotopic (exact) mass is 346 g/mol. The van der Waals surface area contributed by atoms with E-state index in [2.05, 4.69) is 5.32 Å². The molecule has 0 radical (unpaired) electrons. The van der Waals surface area contributed by atoms with Crippen molar-refractivity contribution in [1.82, 2.24) is 5.32 Å². The summed E-state index contributed by atoms with van der Waals surface area (Å²) >= 11 is 0. The molecule has 0 spiro atoms. The van der Waals surface area contributed by atoms with Gasteiger partial charge in [-0.2, -0.15) is 0 Å². The fraction of sp³-hybridized carbons (Fsp3) is 0.389. The van der Waals surface area contributed by atoms with E-state index in [1.165, 1.54) is 0 Å². The van der Waals surface area contributed by atoms with Crippen LogP contribution in [0.15, 0.2) is 21.3 Å². The molecule has 0 unspecified atom stereocenters. The lowest BCUT2D eigenvalue weighted by atomic mass is 10.0. The Kier molecular flexibility index (Phi) is 5.80. The summed E-state index contributed by atoms with van der Waals surface area (Å²) in [5, 5.41) is 13.7. The number of nitrogens with one attached hydrogen (secondary N) is 1. The van der Waals surface area contributed by atoms with Crippen LogP contribution in [-0.4, -0.2) is 25.0 Å². The van der Waals surface area contributed by atoms with Crippen molar-refractivity contribution < 1.29 is 23.8 Å². The lowest BCUT2D eigenvalue weighted by Gasteiger charge is -2.12. The summed E-state index contributed by atoms with van der Waals surface area (Å²) in [6.07, 6.45) is 0.190. The zero-order valence-electron chi connectivity index (χ0n) is 14.4. The smallest absolute Gasteiger partial charge is 0.339 e. The van der Waals surface area contributed by atoms with Gasteiger partial charge in [-0.1, -0.05) is 0 Å². The lowest BCUT2D eigenvalue weighted by molar-refractivity contribution is -0.305. The first-order valence-corrected chi connectivity index (χ1v) is 7.94. The van der Waals surface area contributed by atoms with Gasteiger partial charge >= 0.3 is 5.63 Å². The molecule has 0 saturated heterocycles. The number of ether oxygens (including phenoxy) is 1. The first-order chi connectivity index (χ1) is 11.8. The van der Waals surface area contributed by atoms with Gasteiger partial charge < -0.3 is 24.4 Å². The molecule has 0 aliphatic heterocycles. The van der Waals surface area contributed by atoms with E-state index in [0.29, 0.717) is 28.9 Å². The third kappa shape index (κ3) is 4.37. The van der Waals surface area contributed by atoms with E-state index in [0.717, 1.165) is 10.9 Å². The summed E-state index contributed by atoms with van der Waals surface area (Å²) in [7, 11) is 0. The predicted molar refractivity (Wildman–Crippen MR) is 89.4 cm³/mol. The normalized spacial score (nSPS) is 10.7. The Morgan fingerprint density at radius 3 is 2.56 bits per heavy atom. The molecular formula is C18H20NO6-. The number of carboxylic acid groups (broad SMARTS) is 1. The van der Waals surface area contributed by atoms with Gasteiger partial charge in [-0.25, -0.2) is 4.79 Å². The summed E-state index contributed by atoms with van der Waals surface area (Å²) in [4.78, 5) is 33.9. The standard InChI is InChI=1S/C18H21NO6/c1-10-11(2)18(23)25-17-12(3)14(7-6-13(10)17)24-9-15(20)19-8-4-5-16(21)22/h6-7H,4-5,8-9H2,1-3H3,(H,19,20)(H,21,22)/p-1. The van der Waals surface area contributed by atoms with Gasteiger partial charge in [0.2, 0.25) is 0 Å². The quantitative estimate of drug-likeness (QED) is 0.585. The Morgan fingerprint density at radius 1 is 1.16 bits per heavy atom. The van der Waals surface area contributed by atoms with Crippen LogP contribution in [-0.2, 0) is 9.59 Å². The number of carbonyl (C=O) groups excluding carboxylic acids is 2. The molecule has 1 N–H and O–H groups in total. The maximum absolute atomic E-state index is 11.9. The number of hydrogen-bond acceptors (Lipinski definition) is 6. The topological polar surface area (TPSA) is 109 Å². The van der Waals surface area contributed by atoms with Crippen LogP contribution in [0.1, 0.15) is 29.5 Å². The number of carbonyl (C=O) groups is 2. The molecule has 25 heavy (non-hydrogen) atoms. The Morgan fingerprint density at radius 2 is 1.88 bits per heavy atom. The molecule has 0 bridgehead atoms. The number of fused-ring (bicyclic) bond motifs is 1. The fourth-order valence-electron chi connectivity index (χ4n) is 2.44. The lowest BCUT2D eigenvalue weighted by Crippen LogP contribution is -2.31. The molecule has 0 saturated carbocycles. The SMILES string of the molecule is Cc1c(C)c2ccc(OCC(=O)NCCCC(=O)[O-])c(C)c2oc1=O. The number of carboxylic acids is 1. The molecule has 2 rings (SSSR count). The van der Waals surface area contributed by atoms with Gasteiger partial charge in [-0.15, -0.1) is 0 Å². The summed E-state index contributed by atoms with van der Waals surface area (Å²) < 4.78 is 10.8. The van der Waals surface area contributed by atoms with Crippen LogP contribution < -0.4 is 20.8 Å². The molecule has 0 atom stereocenters. The summed E-state index contributed by atoms with van der Waals surface area (Å²) in [5.74, 6) is -1.06. The third-order valence-electron chi connectivity index (χ3n) is 4.06. The van der Waals surface area contributed by atoms with Crippen molar-refractivity contribution in [2.24, 2.45) is 0 Å². The maximum atomic E-state index is 11.9. The van der Waals surface area contributed by atoms with E-state index in [-0.39, 0.29) is 25.5 Å². The van der Waals surface area contributed by atoms with Crippen LogP contribution in [0.3, 0.4) is 0 Å². The van der Waals surface area contributed by atoms with Crippen molar-refractivity contribution in [2.75, 3.05) is 13.2 Å². The maximum Gasteiger partial charge on any atom is 0.339 e. The molecule has 1 aromatic carbocycles. The average molecular weight is 346 g/mol. The number of aliphatic carboxylic acids is 1. The Bertz CT molecular complexity index is 868. The summed E-state index contributed by atoms with van der Waals surface area (Å²) in [6.45, 7) is 5.35. The van der Waals surface area contributed by atoms with Gasteiger partial charge in [0.25, 0.3) is 5.91 Å². The molecule has 7 nitrogen and oxygen atoms in total. The summed E-state index contributed by atoms with van der Waals surface area (Å²) in [5.41, 5.74) is 2.11. The largest absolute Gasteiger partial charge is 0.550 e. The average Bonchev–Trinajstić information content (AvgIpc) is 2.56. The molecule has 134 valence electrons. The van der Waals surface area contributed by atoms with Crippen LogP contribution in [0.25, 0.3) is 11.0 Å².